The Morgan fingerprint density at radius 1 is 1.28 bits per heavy atom. The minimum absolute atomic E-state index is 0.153. The largest absolute Gasteiger partial charge is 0.355 e. The topological polar surface area (TPSA) is 40.7 Å². The van der Waals surface area contributed by atoms with Crippen molar-refractivity contribution in [3.05, 3.63) is 24.3 Å². The third-order valence-corrected chi connectivity index (χ3v) is 4.37. The molecule has 1 aromatic carbocycles. The Morgan fingerprint density at radius 2 is 2.00 bits per heavy atom. The van der Waals surface area contributed by atoms with Crippen LogP contribution >= 0.6 is 11.6 Å². The summed E-state index contributed by atoms with van der Waals surface area (Å²) in [6, 6.07) is 8.03. The maximum atomic E-state index is 6.10. The molecule has 1 heterocycles. The zero-order valence-electron chi connectivity index (χ0n) is 11.0. The Labute approximate surface area is 113 Å². The Balaban J connectivity index is 2.09. The second-order valence-electron chi connectivity index (χ2n) is 4.80. The molecule has 18 heavy (non-hydrogen) atoms. The van der Waals surface area contributed by atoms with Crippen LogP contribution in [0.1, 0.15) is 26.7 Å². The van der Waals surface area contributed by atoms with E-state index in [1.807, 2.05) is 24.3 Å². The van der Waals surface area contributed by atoms with Crippen molar-refractivity contribution in [2.75, 3.05) is 17.7 Å². The average Bonchev–Trinajstić information content (AvgIpc) is 2.84. The second-order valence-corrected chi connectivity index (χ2v) is 5.06. The lowest BCUT2D eigenvalue weighted by Gasteiger charge is -2.29. The number of benzene rings is 1. The Bertz CT molecular complexity index is 461. The number of H-pyrrole nitrogens is 1. The molecule has 0 atom stereocenters. The van der Waals surface area contributed by atoms with E-state index in [-0.39, 0.29) is 5.41 Å². The van der Waals surface area contributed by atoms with Crippen molar-refractivity contribution in [1.29, 1.82) is 0 Å². The van der Waals surface area contributed by atoms with Crippen LogP contribution in [0.2, 0.25) is 0 Å². The minimum Gasteiger partial charge on any atom is -0.355 e. The first-order valence-electron chi connectivity index (χ1n) is 6.47. The van der Waals surface area contributed by atoms with E-state index in [2.05, 4.69) is 29.1 Å². The van der Waals surface area contributed by atoms with E-state index < -0.39 is 0 Å². The molecule has 0 bridgehead atoms. The number of alkyl halides is 1. The number of rotatable bonds is 6. The van der Waals surface area contributed by atoms with Gasteiger partial charge in [-0.15, -0.1) is 11.6 Å². The van der Waals surface area contributed by atoms with Gasteiger partial charge in [-0.2, -0.15) is 0 Å². The van der Waals surface area contributed by atoms with Gasteiger partial charge in [-0.1, -0.05) is 26.0 Å². The fourth-order valence-corrected chi connectivity index (χ4v) is 2.52. The molecule has 1 aromatic heterocycles. The van der Waals surface area contributed by atoms with E-state index in [4.69, 9.17) is 11.6 Å². The molecule has 2 N–H and O–H groups in total. The molecule has 4 heteroatoms. The molecule has 0 saturated carbocycles. The minimum atomic E-state index is 0.153. The fraction of sp³-hybridized carbons (Fsp3) is 0.500. The van der Waals surface area contributed by atoms with Gasteiger partial charge in [0.25, 0.3) is 0 Å². The molecule has 0 unspecified atom stereocenters. The molecule has 3 nitrogen and oxygen atoms in total. The number of halogens is 1. The van der Waals surface area contributed by atoms with Crippen LogP contribution in [0.4, 0.5) is 5.95 Å². The Kier molecular flexibility index (Phi) is 4.12. The number of aromatic nitrogens is 2. The number of aromatic amines is 1. The van der Waals surface area contributed by atoms with Crippen molar-refractivity contribution in [2.24, 2.45) is 5.41 Å². The van der Waals surface area contributed by atoms with Gasteiger partial charge in [0.1, 0.15) is 0 Å². The summed E-state index contributed by atoms with van der Waals surface area (Å²) < 4.78 is 0. The molecule has 98 valence electrons. The molecule has 0 amide bonds. The summed E-state index contributed by atoms with van der Waals surface area (Å²) in [6.45, 7) is 5.22. The average molecular weight is 266 g/mol. The van der Waals surface area contributed by atoms with E-state index in [1.54, 1.807) is 0 Å². The molecule has 0 radical (unpaired) electrons. The van der Waals surface area contributed by atoms with Gasteiger partial charge in [-0.05, 0) is 25.0 Å². The molecule has 0 saturated heterocycles. The zero-order chi connectivity index (χ0) is 13.0. The summed E-state index contributed by atoms with van der Waals surface area (Å²) in [5, 5.41) is 3.38. The highest BCUT2D eigenvalue weighted by molar-refractivity contribution is 6.18. The molecular formula is C14H20ClN3. The normalized spacial score (nSPS) is 11.9. The smallest absolute Gasteiger partial charge is 0.201 e. The molecule has 0 aliphatic heterocycles. The lowest BCUT2D eigenvalue weighted by Crippen LogP contribution is -2.30. The zero-order valence-corrected chi connectivity index (χ0v) is 11.7. The van der Waals surface area contributed by atoms with Gasteiger partial charge < -0.3 is 10.3 Å². The monoisotopic (exact) mass is 265 g/mol. The van der Waals surface area contributed by atoms with Gasteiger partial charge in [0.05, 0.1) is 11.0 Å². The Morgan fingerprint density at radius 3 is 2.61 bits per heavy atom. The van der Waals surface area contributed by atoms with Crippen molar-refractivity contribution >= 4 is 28.6 Å². The number of nitrogens with one attached hydrogen (secondary N) is 2. The summed E-state index contributed by atoms with van der Waals surface area (Å²) in [5.74, 6) is 1.50. The predicted octanol–water partition coefficient (Wildman–Crippen LogP) is 4.02. The quantitative estimate of drug-likeness (QED) is 0.775. The summed E-state index contributed by atoms with van der Waals surface area (Å²) in [5.41, 5.74) is 2.20. The fourth-order valence-electron chi connectivity index (χ4n) is 2.04. The van der Waals surface area contributed by atoms with Crippen molar-refractivity contribution in [2.45, 2.75) is 26.7 Å². The van der Waals surface area contributed by atoms with E-state index >= 15 is 0 Å². The van der Waals surface area contributed by atoms with Crippen LogP contribution in [0, 0.1) is 5.41 Å². The van der Waals surface area contributed by atoms with Crippen LogP contribution in [-0.2, 0) is 0 Å². The van der Waals surface area contributed by atoms with Gasteiger partial charge in [-0.25, -0.2) is 4.98 Å². The standard InChI is InChI=1S/C14H20ClN3/c1-3-14(4-2,9-15)10-16-13-17-11-7-5-6-8-12(11)18-13/h5-8H,3-4,9-10H2,1-2H3,(H2,16,17,18). The van der Waals surface area contributed by atoms with Crippen molar-refractivity contribution < 1.29 is 0 Å². The first-order chi connectivity index (χ1) is 8.73. The lowest BCUT2D eigenvalue weighted by molar-refractivity contribution is 0.326. The number of hydrogen-bond acceptors (Lipinski definition) is 2. The molecule has 0 spiro atoms. The van der Waals surface area contributed by atoms with E-state index in [0.717, 1.165) is 36.4 Å². The molecule has 2 aromatic rings. The number of hydrogen-bond donors (Lipinski definition) is 2. The van der Waals surface area contributed by atoms with Gasteiger partial charge in [0.2, 0.25) is 5.95 Å². The van der Waals surface area contributed by atoms with Crippen LogP contribution in [0.3, 0.4) is 0 Å². The van der Waals surface area contributed by atoms with Gasteiger partial charge in [0.15, 0.2) is 0 Å². The summed E-state index contributed by atoms with van der Waals surface area (Å²) in [6.07, 6.45) is 2.14. The van der Waals surface area contributed by atoms with Crippen LogP contribution < -0.4 is 5.32 Å². The highest BCUT2D eigenvalue weighted by Crippen LogP contribution is 2.28. The van der Waals surface area contributed by atoms with Crippen LogP contribution in [0.5, 0.6) is 0 Å². The highest BCUT2D eigenvalue weighted by atomic mass is 35.5. The maximum absolute atomic E-state index is 6.10. The number of anilines is 1. The molecule has 0 aliphatic rings. The molecule has 0 aliphatic carbocycles. The maximum Gasteiger partial charge on any atom is 0.201 e. The number of imidazole rings is 1. The number of para-hydroxylation sites is 2. The summed E-state index contributed by atoms with van der Waals surface area (Å²) in [4.78, 5) is 7.78. The SMILES string of the molecule is CCC(CC)(CCl)CNc1nc2ccccc2[nH]1. The summed E-state index contributed by atoms with van der Waals surface area (Å²) >= 11 is 6.10. The number of nitrogens with zero attached hydrogens (tertiary/aromatic N) is 1. The third kappa shape index (κ3) is 2.61. The first-order valence-corrected chi connectivity index (χ1v) is 7.01. The second kappa shape index (κ2) is 5.61. The first kappa shape index (κ1) is 13.2. The van der Waals surface area contributed by atoms with E-state index in [1.165, 1.54) is 0 Å². The van der Waals surface area contributed by atoms with E-state index in [0.29, 0.717) is 5.88 Å². The number of fused-ring (bicyclic) bond motifs is 1. The molecular weight excluding hydrogens is 246 g/mol. The Hall–Kier alpha value is -1.22. The van der Waals surface area contributed by atoms with Crippen LogP contribution in [0.15, 0.2) is 24.3 Å². The van der Waals surface area contributed by atoms with E-state index in [9.17, 15) is 0 Å². The van der Waals surface area contributed by atoms with Crippen LogP contribution in [-0.4, -0.2) is 22.4 Å². The van der Waals surface area contributed by atoms with Crippen molar-refractivity contribution in [1.82, 2.24) is 9.97 Å². The van der Waals surface area contributed by atoms with Gasteiger partial charge in [-0.3, -0.25) is 0 Å². The lowest BCUT2D eigenvalue weighted by atomic mass is 9.84. The predicted molar refractivity (Wildman–Crippen MR) is 78.3 cm³/mol. The van der Waals surface area contributed by atoms with Gasteiger partial charge >= 0.3 is 0 Å². The van der Waals surface area contributed by atoms with Crippen LogP contribution in [0.25, 0.3) is 11.0 Å². The molecule has 2 rings (SSSR count). The van der Waals surface area contributed by atoms with Crippen molar-refractivity contribution in [3.63, 3.8) is 0 Å². The van der Waals surface area contributed by atoms with Crippen molar-refractivity contribution in [3.8, 4) is 0 Å². The molecule has 0 fully saturated rings. The highest BCUT2D eigenvalue weighted by Gasteiger charge is 2.25. The van der Waals surface area contributed by atoms with Gasteiger partial charge in [0, 0.05) is 17.8 Å². The third-order valence-electron chi connectivity index (χ3n) is 3.80. The summed E-state index contributed by atoms with van der Waals surface area (Å²) in [7, 11) is 0.